The van der Waals surface area contributed by atoms with Gasteiger partial charge in [0, 0.05) is 113 Å². The number of anilines is 17. The van der Waals surface area contributed by atoms with Crippen molar-refractivity contribution in [2.45, 2.75) is 95.3 Å². The number of rotatable bonds is 14. The largest absolute Gasteiger partial charge is 0.468 e. The van der Waals surface area contributed by atoms with Gasteiger partial charge in [0.05, 0.1) is 11.3 Å². The molecule has 0 spiro atoms. The lowest BCUT2D eigenvalue weighted by molar-refractivity contribution is 0.444. The fourth-order valence-electron chi connectivity index (χ4n) is 22.0. The van der Waals surface area contributed by atoms with Gasteiger partial charge in [-0.25, -0.2) is 0 Å². The molecule has 0 bridgehead atoms. The first-order valence-electron chi connectivity index (χ1n) is 44.7. The van der Waals surface area contributed by atoms with Crippen LogP contribution in [0.1, 0.15) is 112 Å². The average Bonchev–Trinajstić information content (AvgIpc) is 1.47. The molecule has 2 fully saturated rings. The maximum atomic E-state index is 7.25. The van der Waals surface area contributed by atoms with E-state index in [0.29, 0.717) is 11.8 Å². The summed E-state index contributed by atoms with van der Waals surface area (Å²) in [6.45, 7) is 4.81. The van der Waals surface area contributed by atoms with Crippen LogP contribution >= 0.6 is 0 Å². The fraction of sp³-hybridized carbons (Fsp3) is 0.130. The van der Waals surface area contributed by atoms with Gasteiger partial charge in [-0.2, -0.15) is 0 Å². The minimum Gasteiger partial charge on any atom is -0.468 e. The summed E-state index contributed by atoms with van der Waals surface area (Å²) in [5, 5.41) is 1.12. The number of fused-ring (bicyclic) bond motifs is 11. The van der Waals surface area contributed by atoms with E-state index in [1.807, 2.05) is 0 Å². The van der Waals surface area contributed by atoms with Crippen LogP contribution < -0.4 is 56.9 Å². The molecular formula is C115H94B2N6O. The van der Waals surface area contributed by atoms with Gasteiger partial charge in [0.25, 0.3) is 6.71 Å². The first-order chi connectivity index (χ1) is 61.3. The van der Waals surface area contributed by atoms with Crippen LogP contribution in [0.2, 0.25) is 0 Å². The van der Waals surface area contributed by atoms with Gasteiger partial charge in [-0.3, -0.25) is 0 Å². The molecule has 0 radical (unpaired) electrons. The van der Waals surface area contributed by atoms with Crippen molar-refractivity contribution in [3.05, 3.63) is 428 Å². The third-order valence-electron chi connectivity index (χ3n) is 27.5. The molecule has 124 heavy (non-hydrogen) atoms. The summed E-state index contributed by atoms with van der Waals surface area (Å²) in [6, 6.07) is 148. The lowest BCUT2D eigenvalue weighted by Gasteiger charge is -2.46. The van der Waals surface area contributed by atoms with Crippen LogP contribution in [-0.2, 0) is 5.41 Å². The Morgan fingerprint density at radius 1 is 0.298 bits per heavy atom. The topological polar surface area (TPSA) is 32.6 Å². The Hall–Kier alpha value is -14.3. The molecule has 3 aliphatic carbocycles. The second kappa shape index (κ2) is 31.3. The van der Waals surface area contributed by atoms with E-state index >= 15 is 0 Å². The summed E-state index contributed by atoms with van der Waals surface area (Å²) >= 11 is 0. The smallest absolute Gasteiger partial charge is 0.297 e. The van der Waals surface area contributed by atoms with Gasteiger partial charge in [-0.15, -0.1) is 0 Å². The predicted octanol–water partition coefficient (Wildman–Crippen LogP) is 28.4. The standard InChI is InChI=1S/C59H50BN3.C56H44BN3O/c1-59(2)51-34-19-18-33-50(51)57-58(59)60-52-36-35-49(61(45-26-12-5-13-27-45)46-28-14-6-15-29-46)40-53(52)62(47-30-16-7-17-31-47)54-38-44(42-23-10-4-11-24-42)39-55(56(54)60)63(57)48-32-20-25-43(37-48)41-21-8-3-9-22-41;1-6-19-39(20-7-1)41-23-18-30-46(35-41)60-52-37-42(40-21-8-2-9-22-40)36-51-54(52)57(56-55(60)48-31-16-17-32-53(48)61-56)49-38-47(33-34-50(49)59(51)45-28-14-5-15-29-45)58(43-24-10-3-11-25-43)44-26-12-4-13-27-44/h3,5-9,12-22,25-40,42H,4,10-11,23-24H2,1-2H3;1,3-7,10-20,23-38,40H,2,8-9,21-22H2. The molecule has 24 rings (SSSR count). The summed E-state index contributed by atoms with van der Waals surface area (Å²) in [5.74, 6) is 1.01. The molecule has 0 amide bonds. The number of hydrogen-bond donors (Lipinski definition) is 0. The zero-order valence-electron chi connectivity index (χ0n) is 70.1. The second-order valence-electron chi connectivity index (χ2n) is 35.1. The monoisotopic (exact) mass is 1600 g/mol. The Kier molecular flexibility index (Phi) is 18.9. The highest BCUT2D eigenvalue weighted by molar-refractivity contribution is 7.00. The van der Waals surface area contributed by atoms with Crippen molar-refractivity contribution in [2.75, 3.05) is 29.4 Å². The molecule has 7 nitrogen and oxygen atoms in total. The Morgan fingerprint density at radius 2 is 0.702 bits per heavy atom. The summed E-state index contributed by atoms with van der Waals surface area (Å²) in [5.41, 5.74) is 40.1. The number of nitrogens with zero attached hydrogens (tertiary/aromatic N) is 6. The molecule has 4 aliphatic heterocycles. The highest BCUT2D eigenvalue weighted by atomic mass is 16.3. The normalized spacial score (nSPS) is 15.2. The van der Waals surface area contributed by atoms with Gasteiger partial charge >= 0.3 is 0 Å². The second-order valence-corrected chi connectivity index (χ2v) is 35.1. The maximum Gasteiger partial charge on any atom is 0.297 e. The maximum absolute atomic E-state index is 7.25. The van der Waals surface area contributed by atoms with Crippen molar-refractivity contribution in [1.82, 2.24) is 0 Å². The van der Waals surface area contributed by atoms with E-state index in [4.69, 9.17) is 4.42 Å². The SMILES string of the molecule is CC1(C)C2=C(c3ccccc31)N(c1cccc(-c3ccccc3)c1)c1cc(C3CCCCC3)cc3c1B2c1ccc(N(c2ccccc2)c2ccccc2)cc1N3c1ccccc1.c1ccc(-c2cccc(N3c4cc(C5CCCCC5)cc5c4B(c4cc(N(c6ccccc6)c6ccccc6)ccc4N5c4ccccc4)c4oc5ccccc5c43)c2)cc1. The van der Waals surface area contributed by atoms with Crippen molar-refractivity contribution in [1.29, 1.82) is 0 Å². The molecule has 0 atom stereocenters. The van der Waals surface area contributed by atoms with Gasteiger partial charge in [0.15, 0.2) is 0 Å². The molecule has 0 N–H and O–H groups in total. The van der Waals surface area contributed by atoms with Crippen LogP contribution in [0.3, 0.4) is 0 Å². The quantitative estimate of drug-likeness (QED) is 0.100. The number of furan rings is 1. The van der Waals surface area contributed by atoms with E-state index in [2.05, 4.69) is 444 Å². The summed E-state index contributed by atoms with van der Waals surface area (Å²) < 4.78 is 7.25. The van der Waals surface area contributed by atoms with Crippen molar-refractivity contribution in [2.24, 2.45) is 0 Å². The van der Waals surface area contributed by atoms with Gasteiger partial charge in [-0.05, 0) is 262 Å². The first kappa shape index (κ1) is 74.8. The number of hydrogen-bond acceptors (Lipinski definition) is 7. The Bertz CT molecular complexity index is 6810. The highest BCUT2D eigenvalue weighted by Gasteiger charge is 2.54. The van der Waals surface area contributed by atoms with Gasteiger partial charge in [0.1, 0.15) is 5.58 Å². The summed E-state index contributed by atoms with van der Waals surface area (Å²) in [6.07, 6.45) is 12.6. The Morgan fingerprint density at radius 3 is 1.23 bits per heavy atom. The van der Waals surface area contributed by atoms with E-state index in [0.717, 1.165) is 67.8 Å². The third kappa shape index (κ3) is 12.8. The van der Waals surface area contributed by atoms with E-state index in [-0.39, 0.29) is 18.8 Å². The van der Waals surface area contributed by atoms with Crippen LogP contribution in [0.15, 0.2) is 410 Å². The lowest BCUT2D eigenvalue weighted by Crippen LogP contribution is -2.61. The number of allylic oxidation sites excluding steroid dienone is 1. The molecule has 5 heterocycles. The zero-order valence-corrected chi connectivity index (χ0v) is 70.1. The molecule has 17 aromatic rings. The van der Waals surface area contributed by atoms with Crippen LogP contribution in [0.25, 0.3) is 38.9 Å². The zero-order chi connectivity index (χ0) is 82.4. The van der Waals surface area contributed by atoms with Crippen LogP contribution in [0.5, 0.6) is 0 Å². The van der Waals surface area contributed by atoms with Crippen LogP contribution in [0, 0.1) is 0 Å². The minimum absolute atomic E-state index is 0.0345. The molecule has 7 aliphatic rings. The number of benzene rings is 16. The van der Waals surface area contributed by atoms with Crippen molar-refractivity contribution >= 4 is 154 Å². The van der Waals surface area contributed by atoms with Crippen molar-refractivity contribution in [3.63, 3.8) is 0 Å². The summed E-state index contributed by atoms with van der Waals surface area (Å²) in [7, 11) is 0. The molecule has 596 valence electrons. The van der Waals surface area contributed by atoms with Gasteiger partial charge < -0.3 is 33.8 Å². The van der Waals surface area contributed by atoms with Crippen molar-refractivity contribution in [3.8, 4) is 22.3 Å². The molecular weight excluding hydrogens is 1500 g/mol. The molecule has 0 unspecified atom stereocenters. The van der Waals surface area contributed by atoms with Gasteiger partial charge in [0.2, 0.25) is 6.71 Å². The Labute approximate surface area is 728 Å². The van der Waals surface area contributed by atoms with E-state index < -0.39 is 0 Å². The first-order valence-corrected chi connectivity index (χ1v) is 44.7. The predicted molar refractivity (Wildman–Crippen MR) is 523 cm³/mol. The third-order valence-corrected chi connectivity index (χ3v) is 27.5. The lowest BCUT2D eigenvalue weighted by atomic mass is 9.30. The molecule has 0 saturated heterocycles. The summed E-state index contributed by atoms with van der Waals surface area (Å²) in [4.78, 5) is 15.1. The molecule has 16 aromatic carbocycles. The molecule has 9 heteroatoms. The Balaban J connectivity index is 0.000000143. The van der Waals surface area contributed by atoms with Gasteiger partial charge in [-0.1, -0.05) is 294 Å². The van der Waals surface area contributed by atoms with E-state index in [9.17, 15) is 0 Å². The fourth-order valence-corrected chi connectivity index (χ4v) is 22.0. The van der Waals surface area contributed by atoms with Crippen molar-refractivity contribution < 1.29 is 4.42 Å². The highest BCUT2D eigenvalue weighted by Crippen LogP contribution is 2.59. The number of para-hydroxylation sites is 7. The van der Waals surface area contributed by atoms with Crippen LogP contribution in [-0.4, -0.2) is 13.4 Å². The van der Waals surface area contributed by atoms with Crippen LogP contribution in [0.4, 0.5) is 96.7 Å². The average molecular weight is 1600 g/mol. The minimum atomic E-state index is -0.242. The molecule has 1 aromatic heterocycles. The van der Waals surface area contributed by atoms with E-state index in [1.54, 1.807) is 0 Å². The molecule has 2 saturated carbocycles. The van der Waals surface area contributed by atoms with E-state index in [1.165, 1.54) is 187 Å².